The van der Waals surface area contributed by atoms with Crippen molar-refractivity contribution in [3.8, 4) is 0 Å². The summed E-state index contributed by atoms with van der Waals surface area (Å²) in [6, 6.07) is 0. The first-order valence-corrected chi connectivity index (χ1v) is 8.97. The number of nitrogens with zero attached hydrogens (tertiary/aromatic N) is 3. The number of carbonyl (C=O) groups excluding carboxylic acids is 1. The van der Waals surface area contributed by atoms with Gasteiger partial charge in [-0.2, -0.15) is 0 Å². The maximum Gasteiger partial charge on any atom is 0.253 e. The van der Waals surface area contributed by atoms with Crippen molar-refractivity contribution < 1.29 is 18.7 Å². The lowest BCUT2D eigenvalue weighted by Gasteiger charge is -2.24. The van der Waals surface area contributed by atoms with Gasteiger partial charge < -0.3 is 19.8 Å². The van der Waals surface area contributed by atoms with Gasteiger partial charge in [-0.1, -0.05) is 6.08 Å². The molecule has 4 unspecified atom stereocenters. The number of carbonyl (C=O) groups is 1. The third-order valence-corrected chi connectivity index (χ3v) is 5.86. The number of hydrogen-bond acceptors (Lipinski definition) is 4. The largest absolute Gasteiger partial charge is 0.384 e. The molecule has 4 atom stereocenters. The van der Waals surface area contributed by atoms with Crippen LogP contribution in [-0.4, -0.2) is 71.1 Å². The number of fused-ring (bicyclic) bond motifs is 1. The van der Waals surface area contributed by atoms with Gasteiger partial charge in [0.25, 0.3) is 11.8 Å². The Morgan fingerprint density at radius 1 is 1.44 bits per heavy atom. The van der Waals surface area contributed by atoms with E-state index in [1.807, 2.05) is 18.1 Å². The van der Waals surface area contributed by atoms with Gasteiger partial charge in [-0.25, -0.2) is 8.78 Å². The highest BCUT2D eigenvalue weighted by atomic mass is 19.3. The lowest BCUT2D eigenvalue weighted by molar-refractivity contribution is -0.138. The topological polar surface area (TPSA) is 47.0 Å². The number of aliphatic hydroxyl groups excluding tert-OH is 1. The summed E-state index contributed by atoms with van der Waals surface area (Å²) >= 11 is 0. The van der Waals surface area contributed by atoms with E-state index < -0.39 is 17.9 Å². The van der Waals surface area contributed by atoms with Crippen LogP contribution in [0.5, 0.6) is 0 Å². The maximum absolute atomic E-state index is 13.3. The Morgan fingerprint density at radius 3 is 2.76 bits per heavy atom. The molecule has 2 heterocycles. The van der Waals surface area contributed by atoms with E-state index in [0.717, 1.165) is 12.1 Å². The molecule has 0 aromatic heterocycles. The molecule has 5 nitrogen and oxygen atoms in total. The van der Waals surface area contributed by atoms with E-state index in [9.17, 15) is 18.7 Å². The van der Waals surface area contributed by atoms with Gasteiger partial charge in [0.15, 0.2) is 0 Å². The van der Waals surface area contributed by atoms with E-state index in [4.69, 9.17) is 0 Å². The number of allylic oxidation sites excluding steroid dienone is 1. The Labute approximate surface area is 146 Å². The van der Waals surface area contributed by atoms with Crippen molar-refractivity contribution in [3.05, 3.63) is 23.5 Å². The Kier molecular flexibility index (Phi) is 3.83. The van der Waals surface area contributed by atoms with Crippen molar-refractivity contribution in [2.45, 2.75) is 31.8 Å². The van der Waals surface area contributed by atoms with E-state index in [1.165, 1.54) is 12.5 Å². The van der Waals surface area contributed by atoms with Gasteiger partial charge in [0.05, 0.1) is 12.4 Å². The van der Waals surface area contributed by atoms with Crippen molar-refractivity contribution in [2.75, 3.05) is 33.4 Å². The van der Waals surface area contributed by atoms with Crippen LogP contribution in [0.3, 0.4) is 0 Å². The zero-order valence-corrected chi connectivity index (χ0v) is 14.7. The molecule has 0 spiro atoms. The minimum Gasteiger partial charge on any atom is -0.384 e. The van der Waals surface area contributed by atoms with E-state index >= 15 is 0 Å². The summed E-state index contributed by atoms with van der Waals surface area (Å²) in [6.07, 6.45) is 4.17. The summed E-state index contributed by atoms with van der Waals surface area (Å²) in [5.41, 5.74) is 2.28. The molecular weight excluding hydrogens is 328 g/mol. The number of hydrogen-bond donors (Lipinski definition) is 1. The zero-order chi connectivity index (χ0) is 17.9. The molecule has 0 radical (unpaired) electrons. The molecule has 25 heavy (non-hydrogen) atoms. The first-order valence-electron chi connectivity index (χ1n) is 8.97. The summed E-state index contributed by atoms with van der Waals surface area (Å²) in [5.74, 6) is -2.55. The van der Waals surface area contributed by atoms with Crippen molar-refractivity contribution in [2.24, 2.45) is 17.8 Å². The Bertz CT molecular complexity index is 646. The van der Waals surface area contributed by atoms with E-state index in [0.29, 0.717) is 38.1 Å². The second-order valence-corrected chi connectivity index (χ2v) is 8.04. The van der Waals surface area contributed by atoms with Gasteiger partial charge in [0, 0.05) is 45.2 Å². The van der Waals surface area contributed by atoms with Gasteiger partial charge in [-0.15, -0.1) is 0 Å². The van der Waals surface area contributed by atoms with Crippen LogP contribution in [0.25, 0.3) is 0 Å². The van der Waals surface area contributed by atoms with Gasteiger partial charge in [-0.3, -0.25) is 4.79 Å². The van der Waals surface area contributed by atoms with Crippen molar-refractivity contribution >= 4 is 5.91 Å². The van der Waals surface area contributed by atoms with E-state index in [2.05, 4.69) is 11.0 Å². The molecule has 138 valence electrons. The number of aliphatic hydroxyl groups is 1. The number of amides is 1. The second-order valence-electron chi connectivity index (χ2n) is 8.04. The summed E-state index contributed by atoms with van der Waals surface area (Å²) in [5, 5.41) is 9.48. The molecule has 0 bridgehead atoms. The van der Waals surface area contributed by atoms with Crippen LogP contribution in [0.4, 0.5) is 8.78 Å². The summed E-state index contributed by atoms with van der Waals surface area (Å²) < 4.78 is 26.6. The number of halogens is 2. The highest BCUT2D eigenvalue weighted by Crippen LogP contribution is 2.50. The maximum atomic E-state index is 13.3. The minimum absolute atomic E-state index is 0.00120. The molecule has 1 saturated carbocycles. The van der Waals surface area contributed by atoms with Gasteiger partial charge in [-0.05, 0) is 30.8 Å². The highest BCUT2D eigenvalue weighted by molar-refractivity contribution is 5.80. The molecule has 0 aromatic carbocycles. The standard InChI is InChI=1S/C18H25F2N3O2/c1-11(24)17(25)22-6-13-3-12(4-14(13)7-22)16-9-21(2)10-23(16)8-15-5-18(15,19)20/h3,9,11,13-15,24H,4-8,10H2,1-2H3. The Morgan fingerprint density at radius 2 is 2.16 bits per heavy atom. The molecule has 4 aliphatic rings. The summed E-state index contributed by atoms with van der Waals surface area (Å²) in [7, 11) is 1.96. The number of alkyl halides is 2. The predicted molar refractivity (Wildman–Crippen MR) is 88.4 cm³/mol. The van der Waals surface area contributed by atoms with Crippen LogP contribution in [-0.2, 0) is 4.79 Å². The first kappa shape index (κ1) is 16.8. The third-order valence-electron chi connectivity index (χ3n) is 5.86. The van der Waals surface area contributed by atoms with Crippen LogP contribution in [0.1, 0.15) is 19.8 Å². The lowest BCUT2D eigenvalue weighted by Crippen LogP contribution is -2.36. The van der Waals surface area contributed by atoms with Gasteiger partial charge in [0.2, 0.25) is 0 Å². The first-order chi connectivity index (χ1) is 11.7. The molecule has 1 N–H and O–H groups in total. The van der Waals surface area contributed by atoms with E-state index in [1.54, 1.807) is 4.90 Å². The zero-order valence-electron chi connectivity index (χ0n) is 14.7. The number of rotatable bonds is 4. The average molecular weight is 353 g/mol. The Hall–Kier alpha value is -1.63. The van der Waals surface area contributed by atoms with Gasteiger partial charge in [0.1, 0.15) is 6.10 Å². The molecular formula is C18H25F2N3O2. The average Bonchev–Trinajstić information content (AvgIpc) is 2.92. The summed E-state index contributed by atoms with van der Waals surface area (Å²) in [6.45, 7) is 3.87. The predicted octanol–water partition coefficient (Wildman–Crippen LogP) is 1.47. The van der Waals surface area contributed by atoms with Crippen LogP contribution in [0.2, 0.25) is 0 Å². The highest BCUT2D eigenvalue weighted by Gasteiger charge is 2.57. The minimum atomic E-state index is -2.49. The number of likely N-dealkylation sites (tertiary alicyclic amines) is 1. The molecule has 2 fully saturated rings. The van der Waals surface area contributed by atoms with Crippen LogP contribution < -0.4 is 0 Å². The van der Waals surface area contributed by atoms with Crippen molar-refractivity contribution in [3.63, 3.8) is 0 Å². The molecule has 2 aliphatic heterocycles. The van der Waals surface area contributed by atoms with Crippen LogP contribution in [0, 0.1) is 17.8 Å². The summed E-state index contributed by atoms with van der Waals surface area (Å²) in [4.78, 5) is 17.8. The lowest BCUT2D eigenvalue weighted by atomic mass is 9.99. The Balaban J connectivity index is 1.43. The monoisotopic (exact) mass is 353 g/mol. The SMILES string of the molecule is CC(O)C(=O)N1CC2C=C(C3=CN(C)CN3CC3CC3(F)F)CC2C1. The second kappa shape index (κ2) is 5.69. The van der Waals surface area contributed by atoms with Crippen LogP contribution in [0.15, 0.2) is 23.5 Å². The van der Waals surface area contributed by atoms with Crippen LogP contribution >= 0.6 is 0 Å². The molecule has 4 rings (SSSR count). The normalized spacial score (nSPS) is 34.1. The third kappa shape index (κ3) is 3.03. The van der Waals surface area contributed by atoms with Gasteiger partial charge >= 0.3 is 0 Å². The molecule has 2 aliphatic carbocycles. The fourth-order valence-electron chi connectivity index (χ4n) is 4.40. The van der Waals surface area contributed by atoms with Crippen molar-refractivity contribution in [1.82, 2.24) is 14.7 Å². The molecule has 1 saturated heterocycles. The van der Waals surface area contributed by atoms with Crippen molar-refractivity contribution in [1.29, 1.82) is 0 Å². The van der Waals surface area contributed by atoms with E-state index in [-0.39, 0.29) is 12.3 Å². The molecule has 7 heteroatoms. The fraction of sp³-hybridized carbons (Fsp3) is 0.722. The molecule has 0 aromatic rings. The smallest absolute Gasteiger partial charge is 0.253 e. The quantitative estimate of drug-likeness (QED) is 0.832. The molecule has 1 amide bonds. The fourth-order valence-corrected chi connectivity index (χ4v) is 4.40.